The number of carbonyl (C=O) groups excluding carboxylic acids is 1. The van der Waals surface area contributed by atoms with E-state index in [0.717, 1.165) is 32.2 Å². The van der Waals surface area contributed by atoms with Gasteiger partial charge in [-0.15, -0.1) is 0 Å². The van der Waals surface area contributed by atoms with Crippen molar-refractivity contribution < 1.29 is 9.90 Å². The average molecular weight is 268 g/mol. The number of amides is 2. The van der Waals surface area contributed by atoms with E-state index in [4.69, 9.17) is 0 Å². The number of aliphatic hydroxyl groups is 1. The minimum atomic E-state index is -0.368. The Labute approximate surface area is 116 Å². The molecule has 2 atom stereocenters. The Morgan fingerprint density at radius 3 is 2.58 bits per heavy atom. The van der Waals surface area contributed by atoms with Gasteiger partial charge in [0.1, 0.15) is 0 Å². The molecule has 0 spiro atoms. The summed E-state index contributed by atoms with van der Waals surface area (Å²) in [5.41, 5.74) is 0.358. The van der Waals surface area contributed by atoms with Gasteiger partial charge in [0.2, 0.25) is 0 Å². The fourth-order valence-electron chi connectivity index (χ4n) is 3.49. The first kappa shape index (κ1) is 14.6. The predicted octanol–water partition coefficient (Wildman–Crippen LogP) is 2.56. The molecule has 4 nitrogen and oxygen atoms in total. The Balaban J connectivity index is 1.72. The summed E-state index contributed by atoms with van der Waals surface area (Å²) in [6.07, 6.45) is 9.68. The molecular weight excluding hydrogens is 240 g/mol. The Kier molecular flexibility index (Phi) is 5.08. The molecular formula is C15H28N2O2. The smallest absolute Gasteiger partial charge is 0.315 e. The van der Waals surface area contributed by atoms with Gasteiger partial charge in [0.25, 0.3) is 0 Å². The monoisotopic (exact) mass is 268 g/mol. The van der Waals surface area contributed by atoms with Crippen molar-refractivity contribution in [3.63, 3.8) is 0 Å². The molecule has 0 bridgehead atoms. The summed E-state index contributed by atoms with van der Waals surface area (Å²) in [5.74, 6) is 0. The van der Waals surface area contributed by atoms with Crippen LogP contribution in [0, 0.1) is 5.41 Å². The molecule has 0 heterocycles. The average Bonchev–Trinajstić information content (AvgIpc) is 2.35. The van der Waals surface area contributed by atoms with E-state index in [-0.39, 0.29) is 18.2 Å². The van der Waals surface area contributed by atoms with Gasteiger partial charge in [0.05, 0.1) is 12.1 Å². The topological polar surface area (TPSA) is 61.4 Å². The number of carbonyl (C=O) groups is 1. The van der Waals surface area contributed by atoms with Crippen LogP contribution in [0.25, 0.3) is 0 Å². The number of rotatable bonds is 5. The first-order chi connectivity index (χ1) is 9.15. The highest BCUT2D eigenvalue weighted by Crippen LogP contribution is 2.44. The van der Waals surface area contributed by atoms with Gasteiger partial charge in [-0.3, -0.25) is 0 Å². The van der Waals surface area contributed by atoms with Crippen LogP contribution in [0.5, 0.6) is 0 Å². The third kappa shape index (κ3) is 3.85. The highest BCUT2D eigenvalue weighted by molar-refractivity contribution is 5.74. The molecule has 0 aliphatic heterocycles. The van der Waals surface area contributed by atoms with Crippen molar-refractivity contribution in [1.29, 1.82) is 0 Å². The Hall–Kier alpha value is -0.770. The largest absolute Gasteiger partial charge is 0.391 e. The van der Waals surface area contributed by atoms with Crippen molar-refractivity contribution in [2.45, 2.75) is 76.9 Å². The van der Waals surface area contributed by atoms with Crippen molar-refractivity contribution in [2.24, 2.45) is 5.41 Å². The lowest BCUT2D eigenvalue weighted by Crippen LogP contribution is -2.51. The standard InChI is InChI=1S/C15H28N2O2/c1-2-8-15(9-5-10-15)11-16-14(19)17-12-6-3-4-7-13(12)18/h12-13,18H,2-11H2,1H3,(H2,16,17,19). The zero-order chi connectivity index (χ0) is 13.7. The number of hydrogen-bond donors (Lipinski definition) is 3. The van der Waals surface area contributed by atoms with Crippen LogP contribution >= 0.6 is 0 Å². The molecule has 110 valence electrons. The van der Waals surface area contributed by atoms with E-state index >= 15 is 0 Å². The second kappa shape index (κ2) is 6.60. The molecule has 2 aliphatic rings. The van der Waals surface area contributed by atoms with Crippen LogP contribution in [0.3, 0.4) is 0 Å². The van der Waals surface area contributed by atoms with E-state index in [0.29, 0.717) is 5.41 Å². The SMILES string of the molecule is CCCC1(CNC(=O)NC2CCCCC2O)CCC1. The van der Waals surface area contributed by atoms with Crippen LogP contribution < -0.4 is 10.6 Å². The summed E-state index contributed by atoms with van der Waals surface area (Å²) in [6, 6.07) is -0.161. The van der Waals surface area contributed by atoms with Crippen molar-refractivity contribution >= 4 is 6.03 Å². The molecule has 0 aromatic rings. The number of nitrogens with one attached hydrogen (secondary N) is 2. The molecule has 4 heteroatoms. The molecule has 2 saturated carbocycles. The summed E-state index contributed by atoms with van der Waals surface area (Å²) in [5, 5.41) is 15.8. The lowest BCUT2D eigenvalue weighted by molar-refractivity contribution is 0.0912. The van der Waals surface area contributed by atoms with Crippen LogP contribution in [-0.2, 0) is 0 Å². The van der Waals surface area contributed by atoms with E-state index in [1.807, 2.05) is 0 Å². The van der Waals surface area contributed by atoms with Crippen molar-refractivity contribution in [2.75, 3.05) is 6.54 Å². The first-order valence-electron chi connectivity index (χ1n) is 7.88. The maximum absolute atomic E-state index is 11.9. The van der Waals surface area contributed by atoms with E-state index in [2.05, 4.69) is 17.6 Å². The number of urea groups is 1. The lowest BCUT2D eigenvalue weighted by atomic mass is 9.66. The minimum Gasteiger partial charge on any atom is -0.391 e. The van der Waals surface area contributed by atoms with Gasteiger partial charge in [0, 0.05) is 6.54 Å². The molecule has 2 rings (SSSR count). The second-order valence-electron chi connectivity index (χ2n) is 6.39. The van der Waals surface area contributed by atoms with Gasteiger partial charge >= 0.3 is 6.03 Å². The van der Waals surface area contributed by atoms with Crippen LogP contribution in [0.1, 0.15) is 64.7 Å². The summed E-state index contributed by atoms with van der Waals surface area (Å²) in [4.78, 5) is 11.9. The van der Waals surface area contributed by atoms with E-state index in [1.165, 1.54) is 32.1 Å². The van der Waals surface area contributed by atoms with Crippen molar-refractivity contribution in [3.05, 3.63) is 0 Å². The molecule has 3 N–H and O–H groups in total. The number of aliphatic hydroxyl groups excluding tert-OH is 1. The summed E-state index contributed by atoms with van der Waals surface area (Å²) < 4.78 is 0. The predicted molar refractivity (Wildman–Crippen MR) is 76.0 cm³/mol. The van der Waals surface area contributed by atoms with Gasteiger partial charge in [-0.1, -0.05) is 32.6 Å². The third-order valence-corrected chi connectivity index (χ3v) is 4.86. The molecule has 19 heavy (non-hydrogen) atoms. The summed E-state index contributed by atoms with van der Waals surface area (Å²) in [7, 11) is 0. The van der Waals surface area contributed by atoms with Gasteiger partial charge < -0.3 is 15.7 Å². The minimum absolute atomic E-state index is 0.0581. The van der Waals surface area contributed by atoms with Crippen LogP contribution in [0.4, 0.5) is 4.79 Å². The quantitative estimate of drug-likeness (QED) is 0.717. The summed E-state index contributed by atoms with van der Waals surface area (Å²) in [6.45, 7) is 2.99. The highest BCUT2D eigenvalue weighted by atomic mass is 16.3. The number of hydrogen-bond acceptors (Lipinski definition) is 2. The van der Waals surface area contributed by atoms with Crippen LogP contribution in [0.2, 0.25) is 0 Å². The maximum atomic E-state index is 11.9. The van der Waals surface area contributed by atoms with Gasteiger partial charge in [0.15, 0.2) is 0 Å². The molecule has 0 radical (unpaired) electrons. The molecule has 2 fully saturated rings. The van der Waals surface area contributed by atoms with Crippen LogP contribution in [0.15, 0.2) is 0 Å². The fraction of sp³-hybridized carbons (Fsp3) is 0.933. The first-order valence-corrected chi connectivity index (χ1v) is 7.88. The van der Waals surface area contributed by atoms with E-state index in [1.54, 1.807) is 0 Å². The molecule has 0 aromatic heterocycles. The Morgan fingerprint density at radius 2 is 2.00 bits per heavy atom. The Bertz CT molecular complexity index is 303. The molecule has 2 amide bonds. The van der Waals surface area contributed by atoms with E-state index in [9.17, 15) is 9.90 Å². The van der Waals surface area contributed by atoms with Crippen LogP contribution in [-0.4, -0.2) is 29.8 Å². The van der Waals surface area contributed by atoms with Gasteiger partial charge in [-0.05, 0) is 37.5 Å². The normalized spacial score (nSPS) is 29.4. The summed E-state index contributed by atoms with van der Waals surface area (Å²) >= 11 is 0. The van der Waals surface area contributed by atoms with Gasteiger partial charge in [-0.2, -0.15) is 0 Å². The van der Waals surface area contributed by atoms with E-state index < -0.39 is 0 Å². The molecule has 2 aliphatic carbocycles. The maximum Gasteiger partial charge on any atom is 0.315 e. The van der Waals surface area contributed by atoms with Crippen molar-refractivity contribution in [1.82, 2.24) is 10.6 Å². The lowest BCUT2D eigenvalue weighted by Gasteiger charge is -2.42. The third-order valence-electron chi connectivity index (χ3n) is 4.86. The van der Waals surface area contributed by atoms with Gasteiger partial charge in [-0.25, -0.2) is 4.79 Å². The van der Waals surface area contributed by atoms with Crippen molar-refractivity contribution in [3.8, 4) is 0 Å². The highest BCUT2D eigenvalue weighted by Gasteiger charge is 2.36. The zero-order valence-electron chi connectivity index (χ0n) is 12.1. The molecule has 0 aromatic carbocycles. The Morgan fingerprint density at radius 1 is 1.26 bits per heavy atom. The molecule has 0 saturated heterocycles. The zero-order valence-corrected chi connectivity index (χ0v) is 12.1. The molecule has 2 unspecified atom stereocenters. The fourth-order valence-corrected chi connectivity index (χ4v) is 3.49. The second-order valence-corrected chi connectivity index (χ2v) is 6.39.